The van der Waals surface area contributed by atoms with Gasteiger partial charge in [-0.1, -0.05) is 11.6 Å². The van der Waals surface area contributed by atoms with Crippen LogP contribution < -0.4 is 5.32 Å². The van der Waals surface area contributed by atoms with Crippen molar-refractivity contribution in [2.24, 2.45) is 12.5 Å². The van der Waals surface area contributed by atoms with Crippen LogP contribution in [-0.2, 0) is 18.4 Å². The van der Waals surface area contributed by atoms with E-state index < -0.39 is 16.9 Å². The van der Waals surface area contributed by atoms with E-state index in [9.17, 15) is 9.90 Å². The molecule has 0 aromatic carbocycles. The number of aryl methyl sites for hydroxylation is 2. The minimum absolute atomic E-state index is 0.472. The van der Waals surface area contributed by atoms with E-state index in [1.54, 1.807) is 18.5 Å². The molecule has 1 aromatic rings. The Morgan fingerprint density at radius 3 is 2.32 bits per heavy atom. The summed E-state index contributed by atoms with van der Waals surface area (Å²) in [5.74, 6) is -0.836. The van der Waals surface area contributed by atoms with Crippen LogP contribution in [0, 0.1) is 12.3 Å². The van der Waals surface area contributed by atoms with Crippen LogP contribution in [0.25, 0.3) is 0 Å². The Labute approximate surface area is 118 Å². The highest BCUT2D eigenvalue weighted by atomic mass is 35.5. The minimum atomic E-state index is -0.896. The summed E-state index contributed by atoms with van der Waals surface area (Å²) < 4.78 is 1.72. The molecule has 1 rings (SSSR count). The van der Waals surface area contributed by atoms with E-state index in [1.807, 2.05) is 27.8 Å². The molecule has 0 radical (unpaired) electrons. The fourth-order valence-electron chi connectivity index (χ4n) is 1.67. The Balaban J connectivity index is 2.89. The molecule has 2 N–H and O–H groups in total. The Morgan fingerprint density at radius 1 is 1.42 bits per heavy atom. The molecule has 0 bridgehead atoms. The second-order valence-corrected chi connectivity index (χ2v) is 6.26. The number of nitrogens with one attached hydrogen (secondary N) is 1. The molecule has 0 amide bonds. The first-order valence-electron chi connectivity index (χ1n) is 6.17. The van der Waals surface area contributed by atoms with E-state index in [-0.39, 0.29) is 0 Å². The van der Waals surface area contributed by atoms with Gasteiger partial charge in [-0.15, -0.1) is 0 Å². The molecule has 0 aliphatic heterocycles. The van der Waals surface area contributed by atoms with Gasteiger partial charge in [0.05, 0.1) is 21.8 Å². The zero-order chi connectivity index (χ0) is 15.0. The Kier molecular flexibility index (Phi) is 4.32. The van der Waals surface area contributed by atoms with Crippen LogP contribution in [-0.4, -0.2) is 26.4 Å². The topological polar surface area (TPSA) is 67.2 Å². The lowest BCUT2D eigenvalue weighted by Gasteiger charge is -2.39. The number of aliphatic carboxylic acids is 1. The van der Waals surface area contributed by atoms with Crippen molar-refractivity contribution < 1.29 is 9.90 Å². The quantitative estimate of drug-likeness (QED) is 0.872. The monoisotopic (exact) mass is 287 g/mol. The van der Waals surface area contributed by atoms with Crippen LogP contribution >= 0.6 is 11.6 Å². The predicted octanol–water partition coefficient (Wildman–Crippen LogP) is 2.36. The van der Waals surface area contributed by atoms with Crippen molar-refractivity contribution in [2.75, 3.05) is 0 Å². The molecule has 1 heterocycles. The largest absolute Gasteiger partial charge is 0.481 e. The number of aromatic nitrogens is 2. The summed E-state index contributed by atoms with van der Waals surface area (Å²) >= 11 is 6.18. The second-order valence-electron chi connectivity index (χ2n) is 5.88. The lowest BCUT2D eigenvalue weighted by molar-refractivity contribution is -0.151. The normalized spacial score (nSPS) is 12.8. The highest BCUT2D eigenvalue weighted by molar-refractivity contribution is 6.31. The van der Waals surface area contributed by atoms with Gasteiger partial charge in [-0.05, 0) is 34.6 Å². The smallest absolute Gasteiger partial charge is 0.310 e. The molecule has 5 nitrogen and oxygen atoms in total. The number of carboxylic acid groups (broad SMARTS) is 1. The maximum atomic E-state index is 11.3. The zero-order valence-corrected chi connectivity index (χ0v) is 13.1. The van der Waals surface area contributed by atoms with Crippen molar-refractivity contribution in [3.8, 4) is 0 Å². The number of carbonyl (C=O) groups is 1. The third-order valence-corrected chi connectivity index (χ3v) is 4.55. The van der Waals surface area contributed by atoms with Gasteiger partial charge in [0.25, 0.3) is 0 Å². The van der Waals surface area contributed by atoms with E-state index in [4.69, 9.17) is 11.6 Å². The number of nitrogens with zero attached hydrogens (tertiary/aromatic N) is 2. The fourth-order valence-corrected chi connectivity index (χ4v) is 1.89. The molecule has 19 heavy (non-hydrogen) atoms. The van der Waals surface area contributed by atoms with Gasteiger partial charge in [-0.25, -0.2) is 0 Å². The maximum absolute atomic E-state index is 11.3. The van der Waals surface area contributed by atoms with Crippen LogP contribution in [0.2, 0.25) is 5.02 Å². The van der Waals surface area contributed by atoms with Gasteiger partial charge in [0, 0.05) is 19.1 Å². The molecule has 0 aliphatic rings. The zero-order valence-electron chi connectivity index (χ0n) is 12.3. The second kappa shape index (κ2) is 5.13. The van der Waals surface area contributed by atoms with E-state index in [0.717, 1.165) is 11.4 Å². The van der Waals surface area contributed by atoms with E-state index in [1.165, 1.54) is 0 Å². The molecule has 108 valence electrons. The summed E-state index contributed by atoms with van der Waals surface area (Å²) in [7, 11) is 1.82. The summed E-state index contributed by atoms with van der Waals surface area (Å²) in [6.45, 7) is 9.48. The minimum Gasteiger partial charge on any atom is -0.481 e. The van der Waals surface area contributed by atoms with Crippen molar-refractivity contribution in [3.05, 3.63) is 16.4 Å². The van der Waals surface area contributed by atoms with Gasteiger partial charge < -0.3 is 10.4 Å². The van der Waals surface area contributed by atoms with Crippen molar-refractivity contribution in [3.63, 3.8) is 0 Å². The Morgan fingerprint density at radius 2 is 1.95 bits per heavy atom. The third kappa shape index (κ3) is 2.92. The third-order valence-electron chi connectivity index (χ3n) is 4.06. The van der Waals surface area contributed by atoms with E-state index in [2.05, 4.69) is 10.4 Å². The first-order valence-corrected chi connectivity index (χ1v) is 6.55. The average molecular weight is 288 g/mol. The molecular formula is C13H22ClN3O2. The van der Waals surface area contributed by atoms with Gasteiger partial charge in [-0.3, -0.25) is 9.48 Å². The van der Waals surface area contributed by atoms with Crippen molar-refractivity contribution in [1.82, 2.24) is 15.1 Å². The van der Waals surface area contributed by atoms with Gasteiger partial charge in [0.1, 0.15) is 0 Å². The summed E-state index contributed by atoms with van der Waals surface area (Å²) in [4.78, 5) is 11.3. The molecule has 6 heteroatoms. The van der Waals surface area contributed by atoms with Crippen LogP contribution in [0.1, 0.15) is 39.1 Å². The van der Waals surface area contributed by atoms with E-state index >= 15 is 0 Å². The van der Waals surface area contributed by atoms with Gasteiger partial charge in [0.2, 0.25) is 0 Å². The summed E-state index contributed by atoms with van der Waals surface area (Å²) in [5.41, 5.74) is 0.151. The fraction of sp³-hybridized carbons (Fsp3) is 0.692. The number of rotatable bonds is 5. The van der Waals surface area contributed by atoms with Crippen molar-refractivity contribution in [2.45, 2.75) is 46.7 Å². The predicted molar refractivity (Wildman–Crippen MR) is 75.3 cm³/mol. The highest BCUT2D eigenvalue weighted by Gasteiger charge is 2.43. The first-order chi connectivity index (χ1) is 8.50. The Bertz CT molecular complexity index is 492. The summed E-state index contributed by atoms with van der Waals surface area (Å²) in [6.07, 6.45) is 0. The molecular weight excluding hydrogens is 266 g/mol. The van der Waals surface area contributed by atoms with Crippen LogP contribution in [0.3, 0.4) is 0 Å². The lowest BCUT2D eigenvalue weighted by Crippen LogP contribution is -2.54. The average Bonchev–Trinajstić information content (AvgIpc) is 2.50. The SMILES string of the molecule is Cc1nn(C)c(CNC(C)(C)C(C)(C)C(=O)O)c1Cl. The molecule has 0 unspecified atom stereocenters. The van der Waals surface area contributed by atoms with Gasteiger partial charge in [0.15, 0.2) is 0 Å². The van der Waals surface area contributed by atoms with Gasteiger partial charge in [-0.2, -0.15) is 5.10 Å². The van der Waals surface area contributed by atoms with Crippen molar-refractivity contribution in [1.29, 1.82) is 0 Å². The lowest BCUT2D eigenvalue weighted by atomic mass is 9.74. The molecule has 0 spiro atoms. The van der Waals surface area contributed by atoms with Crippen molar-refractivity contribution >= 4 is 17.6 Å². The molecule has 0 saturated carbocycles. The van der Waals surface area contributed by atoms with Crippen LogP contribution in [0.4, 0.5) is 0 Å². The number of hydrogen-bond acceptors (Lipinski definition) is 3. The maximum Gasteiger partial charge on any atom is 0.310 e. The summed E-state index contributed by atoms with van der Waals surface area (Å²) in [6, 6.07) is 0. The standard InChI is InChI=1S/C13H22ClN3O2/c1-8-10(14)9(17(6)16-8)7-15-13(4,5)12(2,3)11(18)19/h15H,7H2,1-6H3,(H,18,19). The molecule has 1 aromatic heterocycles. The highest BCUT2D eigenvalue weighted by Crippen LogP contribution is 2.31. The number of halogens is 1. The molecule has 0 fully saturated rings. The molecule has 0 atom stereocenters. The Hall–Kier alpha value is -1.07. The number of hydrogen-bond donors (Lipinski definition) is 2. The van der Waals surface area contributed by atoms with E-state index in [0.29, 0.717) is 11.6 Å². The van der Waals surface area contributed by atoms with Gasteiger partial charge >= 0.3 is 5.97 Å². The first kappa shape index (κ1) is 16.0. The molecule has 0 saturated heterocycles. The summed E-state index contributed by atoms with van der Waals surface area (Å²) in [5, 5.41) is 17.4. The number of carboxylic acids is 1. The van der Waals surface area contributed by atoms with Crippen LogP contribution in [0.5, 0.6) is 0 Å². The van der Waals surface area contributed by atoms with Crippen LogP contribution in [0.15, 0.2) is 0 Å². The molecule has 0 aliphatic carbocycles.